The predicted molar refractivity (Wildman–Crippen MR) is 119 cm³/mol. The molecule has 148 valence electrons. The van der Waals surface area contributed by atoms with Gasteiger partial charge in [-0.3, -0.25) is 9.59 Å². The van der Waals surface area contributed by atoms with Crippen LogP contribution in [0.3, 0.4) is 0 Å². The van der Waals surface area contributed by atoms with Crippen molar-refractivity contribution >= 4 is 81.1 Å². The first kappa shape index (κ1) is 22.7. The number of amides is 1. The van der Waals surface area contributed by atoms with Gasteiger partial charge in [-0.15, -0.1) is 0 Å². The topological polar surface area (TPSA) is 70.2 Å². The number of hydrogen-bond acceptors (Lipinski definition) is 3. The molecule has 1 atom stereocenters. The zero-order valence-corrected chi connectivity index (χ0v) is 18.3. The van der Waals surface area contributed by atoms with Gasteiger partial charge in [-0.2, -0.15) is 0 Å². The van der Waals surface area contributed by atoms with E-state index < -0.39 is 15.9 Å². The van der Waals surface area contributed by atoms with Crippen molar-refractivity contribution in [1.29, 1.82) is 0 Å². The standard InChI is InChI=1S/C18H15Cl4N3O2S/c1-10(26)11-6-8-12(9-7-11)23-17(28)25-16(18(20,21)22)24-15(27)13-4-2-3-5-14(13)19/h2-9,16H,1H3,(H,24,27)(H2,23,25,28)/t16-/m1/s1. The van der Waals surface area contributed by atoms with Crippen LogP contribution in [0.2, 0.25) is 5.02 Å². The monoisotopic (exact) mass is 477 g/mol. The average Bonchev–Trinajstić information content (AvgIpc) is 2.61. The van der Waals surface area contributed by atoms with Gasteiger partial charge < -0.3 is 16.0 Å². The molecule has 0 bridgehead atoms. The number of nitrogens with one attached hydrogen (secondary N) is 3. The summed E-state index contributed by atoms with van der Waals surface area (Å²) in [5.74, 6) is -0.589. The number of benzene rings is 2. The summed E-state index contributed by atoms with van der Waals surface area (Å²) in [7, 11) is 0. The third-order valence-corrected chi connectivity index (χ3v) is 4.75. The predicted octanol–water partition coefficient (Wildman–Crippen LogP) is 4.96. The summed E-state index contributed by atoms with van der Waals surface area (Å²) >= 11 is 29.1. The van der Waals surface area contributed by atoms with Gasteiger partial charge in [0.1, 0.15) is 6.17 Å². The van der Waals surface area contributed by atoms with Crippen molar-refractivity contribution in [2.45, 2.75) is 16.9 Å². The fraction of sp³-hybridized carbons (Fsp3) is 0.167. The summed E-state index contributed by atoms with van der Waals surface area (Å²) in [6, 6.07) is 13.1. The van der Waals surface area contributed by atoms with Gasteiger partial charge in [0.05, 0.1) is 10.6 Å². The van der Waals surface area contributed by atoms with Crippen molar-refractivity contribution < 1.29 is 9.59 Å². The summed E-state index contributed by atoms with van der Waals surface area (Å²) in [5, 5.41) is 8.55. The molecule has 0 fully saturated rings. The highest BCUT2D eigenvalue weighted by Gasteiger charge is 2.35. The Labute approximate surface area is 187 Å². The van der Waals surface area contributed by atoms with Gasteiger partial charge in [0, 0.05) is 11.3 Å². The first-order valence-electron chi connectivity index (χ1n) is 7.88. The van der Waals surface area contributed by atoms with Crippen LogP contribution in [0.4, 0.5) is 5.69 Å². The van der Waals surface area contributed by atoms with E-state index in [4.69, 9.17) is 58.6 Å². The number of thiocarbonyl (C=S) groups is 1. The second kappa shape index (κ2) is 9.76. The highest BCUT2D eigenvalue weighted by molar-refractivity contribution is 7.80. The van der Waals surface area contributed by atoms with Crippen molar-refractivity contribution in [3.63, 3.8) is 0 Å². The highest BCUT2D eigenvalue weighted by atomic mass is 35.6. The zero-order valence-electron chi connectivity index (χ0n) is 14.4. The number of halogens is 4. The van der Waals surface area contributed by atoms with Crippen molar-refractivity contribution in [1.82, 2.24) is 10.6 Å². The maximum atomic E-state index is 12.5. The van der Waals surface area contributed by atoms with Crippen LogP contribution >= 0.6 is 58.6 Å². The molecule has 0 unspecified atom stereocenters. The average molecular weight is 479 g/mol. The second-order valence-corrected chi connectivity index (χ2v) is 8.84. The maximum absolute atomic E-state index is 12.5. The van der Waals surface area contributed by atoms with Crippen molar-refractivity contribution in [3.8, 4) is 0 Å². The molecule has 5 nitrogen and oxygen atoms in total. The summed E-state index contributed by atoms with van der Waals surface area (Å²) in [5.41, 5.74) is 1.41. The number of carbonyl (C=O) groups excluding carboxylic acids is 2. The molecule has 2 rings (SSSR count). The summed E-state index contributed by atoms with van der Waals surface area (Å²) in [6.45, 7) is 1.47. The van der Waals surface area contributed by atoms with E-state index in [2.05, 4.69) is 16.0 Å². The number of ketones is 1. The summed E-state index contributed by atoms with van der Waals surface area (Å²) in [6.07, 6.45) is -1.14. The molecule has 10 heteroatoms. The number of Topliss-reactive ketones (excluding diaryl/α,β-unsaturated/α-hetero) is 1. The van der Waals surface area contributed by atoms with Gasteiger partial charge in [0.2, 0.25) is 3.79 Å². The first-order chi connectivity index (χ1) is 13.1. The van der Waals surface area contributed by atoms with Gasteiger partial charge in [0.15, 0.2) is 10.9 Å². The number of rotatable bonds is 5. The van der Waals surface area contributed by atoms with E-state index in [1.165, 1.54) is 6.92 Å². The first-order valence-corrected chi connectivity index (χ1v) is 9.80. The fourth-order valence-corrected chi connectivity index (χ4v) is 2.93. The minimum Gasteiger partial charge on any atom is -0.339 e. The number of anilines is 1. The van der Waals surface area contributed by atoms with Crippen LogP contribution in [0.25, 0.3) is 0 Å². The van der Waals surface area contributed by atoms with Crippen LogP contribution in [0.5, 0.6) is 0 Å². The van der Waals surface area contributed by atoms with E-state index in [0.29, 0.717) is 11.3 Å². The van der Waals surface area contributed by atoms with E-state index in [0.717, 1.165) is 0 Å². The van der Waals surface area contributed by atoms with Gasteiger partial charge >= 0.3 is 0 Å². The van der Waals surface area contributed by atoms with Gasteiger partial charge in [-0.25, -0.2) is 0 Å². The molecule has 0 heterocycles. The Balaban J connectivity index is 2.07. The van der Waals surface area contributed by atoms with Crippen LogP contribution in [0.1, 0.15) is 27.6 Å². The minimum atomic E-state index is -1.90. The Bertz CT molecular complexity index is 885. The van der Waals surface area contributed by atoms with E-state index in [1.807, 2.05) is 0 Å². The second-order valence-electron chi connectivity index (χ2n) is 5.66. The Kier molecular flexibility index (Phi) is 7.92. The molecule has 0 saturated carbocycles. The third kappa shape index (κ3) is 6.50. The van der Waals surface area contributed by atoms with Gasteiger partial charge in [-0.05, 0) is 55.5 Å². The SMILES string of the molecule is CC(=O)c1ccc(NC(=S)N[C@@H](NC(=O)c2ccccc2Cl)C(Cl)(Cl)Cl)cc1. The van der Waals surface area contributed by atoms with Crippen LogP contribution < -0.4 is 16.0 Å². The molecule has 0 spiro atoms. The van der Waals surface area contributed by atoms with Crippen LogP contribution in [0, 0.1) is 0 Å². The van der Waals surface area contributed by atoms with E-state index in [9.17, 15) is 9.59 Å². The van der Waals surface area contributed by atoms with Gasteiger partial charge in [0.25, 0.3) is 5.91 Å². The molecule has 28 heavy (non-hydrogen) atoms. The number of carbonyl (C=O) groups is 2. The lowest BCUT2D eigenvalue weighted by molar-refractivity contribution is 0.0934. The molecular formula is C18H15Cl4N3O2S. The van der Waals surface area contributed by atoms with Crippen LogP contribution in [0.15, 0.2) is 48.5 Å². The Morgan fingerprint density at radius 1 is 1.00 bits per heavy atom. The van der Waals surface area contributed by atoms with Crippen molar-refractivity contribution in [3.05, 3.63) is 64.7 Å². The van der Waals surface area contributed by atoms with Gasteiger partial charge in [-0.1, -0.05) is 58.5 Å². The summed E-state index contributed by atoms with van der Waals surface area (Å²) < 4.78 is -1.90. The molecule has 0 saturated heterocycles. The lowest BCUT2D eigenvalue weighted by Crippen LogP contribution is -2.56. The van der Waals surface area contributed by atoms with E-state index in [1.54, 1.807) is 48.5 Å². The molecule has 0 aliphatic heterocycles. The lowest BCUT2D eigenvalue weighted by atomic mass is 10.1. The maximum Gasteiger partial charge on any atom is 0.254 e. The lowest BCUT2D eigenvalue weighted by Gasteiger charge is -2.28. The van der Waals surface area contributed by atoms with Crippen molar-refractivity contribution in [2.75, 3.05) is 5.32 Å². The third-order valence-electron chi connectivity index (χ3n) is 3.55. The largest absolute Gasteiger partial charge is 0.339 e. The number of hydrogen-bond donors (Lipinski definition) is 3. The van der Waals surface area contributed by atoms with E-state index in [-0.39, 0.29) is 21.5 Å². The Morgan fingerprint density at radius 2 is 1.61 bits per heavy atom. The van der Waals surface area contributed by atoms with E-state index >= 15 is 0 Å². The molecule has 2 aromatic rings. The number of alkyl halides is 3. The fourth-order valence-electron chi connectivity index (χ4n) is 2.14. The molecule has 3 N–H and O–H groups in total. The van der Waals surface area contributed by atoms with Crippen LogP contribution in [-0.4, -0.2) is 26.8 Å². The Morgan fingerprint density at radius 3 is 2.14 bits per heavy atom. The summed E-state index contributed by atoms with van der Waals surface area (Å²) in [4.78, 5) is 23.8. The minimum absolute atomic E-state index is 0.0502. The molecular weight excluding hydrogens is 464 g/mol. The molecule has 0 radical (unpaired) electrons. The van der Waals surface area contributed by atoms with Crippen molar-refractivity contribution in [2.24, 2.45) is 0 Å². The molecule has 1 amide bonds. The molecule has 0 aliphatic rings. The quantitative estimate of drug-likeness (QED) is 0.245. The zero-order chi connectivity index (χ0) is 20.9. The molecule has 0 aromatic heterocycles. The normalized spacial score (nSPS) is 12.0. The highest BCUT2D eigenvalue weighted by Crippen LogP contribution is 2.29. The Hall–Kier alpha value is -1.57. The van der Waals surface area contributed by atoms with Crippen LogP contribution in [-0.2, 0) is 0 Å². The smallest absolute Gasteiger partial charge is 0.254 e. The molecule has 2 aromatic carbocycles. The molecule has 0 aliphatic carbocycles.